The van der Waals surface area contributed by atoms with E-state index in [1.807, 2.05) is 0 Å². The van der Waals surface area contributed by atoms with Gasteiger partial charge in [-0.25, -0.2) is 4.39 Å². The molecule has 0 unspecified atom stereocenters. The van der Waals surface area contributed by atoms with Crippen molar-refractivity contribution in [1.29, 1.82) is 0 Å². The average molecular weight is 256 g/mol. The molecule has 1 amide bonds. The molecule has 1 aliphatic heterocycles. The van der Waals surface area contributed by atoms with Crippen LogP contribution in [0.3, 0.4) is 0 Å². The minimum Gasteiger partial charge on any atom is -0.350 e. The predicted octanol–water partition coefficient (Wildman–Crippen LogP) is 1.44. The summed E-state index contributed by atoms with van der Waals surface area (Å²) in [6, 6.07) is 4.33. The largest absolute Gasteiger partial charge is 0.350 e. The molecule has 0 saturated heterocycles. The van der Waals surface area contributed by atoms with Gasteiger partial charge in [0.2, 0.25) is 5.91 Å². The molecule has 0 fully saturated rings. The van der Waals surface area contributed by atoms with Crippen molar-refractivity contribution in [2.75, 3.05) is 0 Å². The second-order valence-electron chi connectivity index (χ2n) is 3.66. The summed E-state index contributed by atoms with van der Waals surface area (Å²) in [5.74, 6) is -0.702. The highest BCUT2D eigenvalue weighted by Gasteiger charge is 2.19. The molecule has 1 aromatic carbocycles. The zero-order valence-electron chi connectivity index (χ0n) is 8.91. The number of hydrogen-bond donors (Lipinski definition) is 2. The molecule has 6 heteroatoms. The van der Waals surface area contributed by atoms with Crippen molar-refractivity contribution in [3.05, 3.63) is 34.6 Å². The van der Waals surface area contributed by atoms with Gasteiger partial charge >= 0.3 is 0 Å². The van der Waals surface area contributed by atoms with E-state index in [0.717, 1.165) is 0 Å². The van der Waals surface area contributed by atoms with E-state index in [0.29, 0.717) is 12.0 Å². The van der Waals surface area contributed by atoms with Crippen molar-refractivity contribution in [3.8, 4) is 0 Å². The Balaban J connectivity index is 1.93. The van der Waals surface area contributed by atoms with E-state index in [1.165, 1.54) is 6.07 Å². The maximum atomic E-state index is 13.5. The molecule has 0 spiro atoms. The fourth-order valence-corrected chi connectivity index (χ4v) is 1.70. The number of nitrogens with one attached hydrogen (secondary N) is 2. The van der Waals surface area contributed by atoms with Crippen LogP contribution in [0.5, 0.6) is 0 Å². The number of hydrazone groups is 1. The predicted molar refractivity (Wildman–Crippen MR) is 63.3 cm³/mol. The first-order valence-corrected chi connectivity index (χ1v) is 5.54. The van der Waals surface area contributed by atoms with Crippen LogP contribution in [-0.2, 0) is 11.3 Å². The zero-order valence-corrected chi connectivity index (χ0v) is 9.67. The molecule has 17 heavy (non-hydrogen) atoms. The Morgan fingerprint density at radius 2 is 2.47 bits per heavy atom. The first kappa shape index (κ1) is 11.9. The summed E-state index contributed by atoms with van der Waals surface area (Å²) >= 11 is 5.64. The Labute approximate surface area is 103 Å². The van der Waals surface area contributed by atoms with Gasteiger partial charge in [-0.05, 0) is 6.07 Å². The molecule has 0 aliphatic carbocycles. The second kappa shape index (κ2) is 5.14. The normalized spacial score (nSPS) is 17.9. The molecular weight excluding hydrogens is 245 g/mol. The number of hydrogen-bond acceptors (Lipinski definition) is 3. The van der Waals surface area contributed by atoms with Gasteiger partial charge in [-0.1, -0.05) is 23.7 Å². The van der Waals surface area contributed by atoms with Gasteiger partial charge in [-0.15, -0.1) is 0 Å². The molecule has 1 aliphatic rings. The van der Waals surface area contributed by atoms with Gasteiger partial charge < -0.3 is 5.32 Å². The Kier molecular flexibility index (Phi) is 3.58. The summed E-state index contributed by atoms with van der Waals surface area (Å²) in [6.45, 7) is 0.114. The van der Waals surface area contributed by atoms with Crippen LogP contribution in [0.4, 0.5) is 4.39 Å². The molecule has 1 atom stereocenters. The summed E-state index contributed by atoms with van der Waals surface area (Å²) in [7, 11) is 0. The molecule has 2 rings (SSSR count). The van der Waals surface area contributed by atoms with Crippen molar-refractivity contribution < 1.29 is 9.18 Å². The topological polar surface area (TPSA) is 53.5 Å². The first-order chi connectivity index (χ1) is 8.18. The lowest BCUT2D eigenvalue weighted by molar-refractivity contribution is -0.122. The third kappa shape index (κ3) is 2.74. The summed E-state index contributed by atoms with van der Waals surface area (Å²) in [5.41, 5.74) is 3.02. The summed E-state index contributed by atoms with van der Waals surface area (Å²) < 4.78 is 13.5. The maximum Gasteiger partial charge on any atom is 0.244 e. The zero-order chi connectivity index (χ0) is 12.3. The van der Waals surface area contributed by atoms with E-state index in [2.05, 4.69) is 15.8 Å². The highest BCUT2D eigenvalue weighted by Crippen LogP contribution is 2.17. The van der Waals surface area contributed by atoms with Crippen LogP contribution < -0.4 is 10.7 Å². The Hall–Kier alpha value is -1.62. The van der Waals surface area contributed by atoms with Crippen molar-refractivity contribution in [1.82, 2.24) is 10.7 Å². The van der Waals surface area contributed by atoms with Crippen molar-refractivity contribution in [3.63, 3.8) is 0 Å². The van der Waals surface area contributed by atoms with Crippen LogP contribution >= 0.6 is 11.6 Å². The van der Waals surface area contributed by atoms with Gasteiger partial charge in [0.1, 0.15) is 11.9 Å². The molecule has 4 nitrogen and oxygen atoms in total. The molecule has 0 aromatic heterocycles. The van der Waals surface area contributed by atoms with Gasteiger partial charge in [0, 0.05) is 24.7 Å². The lowest BCUT2D eigenvalue weighted by Crippen LogP contribution is -2.39. The fraction of sp³-hybridized carbons (Fsp3) is 0.273. The number of carbonyl (C=O) groups excluding carboxylic acids is 1. The lowest BCUT2D eigenvalue weighted by Gasteiger charge is -2.11. The summed E-state index contributed by atoms with van der Waals surface area (Å²) in [4.78, 5) is 11.6. The maximum absolute atomic E-state index is 13.5. The minimum atomic E-state index is -0.495. The Morgan fingerprint density at radius 1 is 1.65 bits per heavy atom. The smallest absolute Gasteiger partial charge is 0.244 e. The van der Waals surface area contributed by atoms with E-state index < -0.39 is 5.82 Å². The third-order valence-corrected chi connectivity index (χ3v) is 2.76. The number of halogens is 2. The molecule has 1 heterocycles. The van der Waals surface area contributed by atoms with E-state index in [9.17, 15) is 9.18 Å². The second-order valence-corrected chi connectivity index (χ2v) is 4.07. The summed E-state index contributed by atoms with van der Waals surface area (Å²) in [6.07, 6.45) is 2.17. The lowest BCUT2D eigenvalue weighted by atomic mass is 10.2. The third-order valence-electron chi connectivity index (χ3n) is 2.46. The van der Waals surface area contributed by atoms with Crippen LogP contribution in [0.2, 0.25) is 5.02 Å². The highest BCUT2D eigenvalue weighted by atomic mass is 35.5. The quantitative estimate of drug-likeness (QED) is 0.859. The van der Waals surface area contributed by atoms with Gasteiger partial charge in [-0.3, -0.25) is 10.2 Å². The van der Waals surface area contributed by atoms with E-state index in [-0.39, 0.29) is 23.5 Å². The van der Waals surface area contributed by atoms with Crippen LogP contribution in [-0.4, -0.2) is 18.2 Å². The Morgan fingerprint density at radius 3 is 3.18 bits per heavy atom. The van der Waals surface area contributed by atoms with E-state index >= 15 is 0 Å². The molecule has 0 radical (unpaired) electrons. The number of carbonyl (C=O) groups is 1. The number of rotatable bonds is 3. The average Bonchev–Trinajstić information content (AvgIpc) is 2.84. The molecular formula is C11H11ClFN3O. The highest BCUT2D eigenvalue weighted by molar-refractivity contribution is 6.30. The molecule has 2 N–H and O–H groups in total. The number of amides is 1. The van der Waals surface area contributed by atoms with Crippen molar-refractivity contribution >= 4 is 23.7 Å². The van der Waals surface area contributed by atoms with Crippen LogP contribution in [0.15, 0.2) is 23.3 Å². The van der Waals surface area contributed by atoms with Gasteiger partial charge in [0.25, 0.3) is 0 Å². The van der Waals surface area contributed by atoms with Crippen molar-refractivity contribution in [2.24, 2.45) is 5.10 Å². The van der Waals surface area contributed by atoms with Gasteiger partial charge in [0.05, 0.1) is 5.02 Å². The van der Waals surface area contributed by atoms with Gasteiger partial charge in [0.15, 0.2) is 0 Å². The minimum absolute atomic E-state index is 0.0547. The van der Waals surface area contributed by atoms with E-state index in [1.54, 1.807) is 18.3 Å². The number of nitrogens with zero attached hydrogens (tertiary/aromatic N) is 1. The molecule has 90 valence electrons. The molecule has 0 bridgehead atoms. The Bertz CT molecular complexity index is 456. The van der Waals surface area contributed by atoms with Crippen LogP contribution in [0.25, 0.3) is 0 Å². The molecule has 0 saturated carbocycles. The van der Waals surface area contributed by atoms with E-state index in [4.69, 9.17) is 11.6 Å². The molecule has 1 aromatic rings. The fourth-order valence-electron chi connectivity index (χ4n) is 1.51. The first-order valence-electron chi connectivity index (χ1n) is 5.16. The van der Waals surface area contributed by atoms with Crippen molar-refractivity contribution in [2.45, 2.75) is 19.0 Å². The van der Waals surface area contributed by atoms with Crippen LogP contribution in [0, 0.1) is 5.82 Å². The number of benzene rings is 1. The summed E-state index contributed by atoms with van der Waals surface area (Å²) in [5, 5.41) is 6.43. The van der Waals surface area contributed by atoms with Gasteiger partial charge in [-0.2, -0.15) is 5.10 Å². The standard InChI is InChI=1S/C11H11ClFN3O/c12-8-3-1-2-7(10(8)13)6-14-11(17)9-4-5-15-16-9/h1-3,5,9,16H,4,6H2,(H,14,17)/t9-/m0/s1. The van der Waals surface area contributed by atoms with Crippen LogP contribution in [0.1, 0.15) is 12.0 Å². The monoisotopic (exact) mass is 255 g/mol. The SMILES string of the molecule is O=C(NCc1cccc(Cl)c1F)[C@@H]1CC=NN1.